The molecule has 336 valence electrons. The number of nitrogen functional groups attached to an aromatic ring is 4. The maximum atomic E-state index is 14.6. The molecule has 21 heteroatoms. The van der Waals surface area contributed by atoms with Crippen molar-refractivity contribution in [3.8, 4) is 23.5 Å². The molecule has 6 heterocycles. The molecule has 2 aliphatic heterocycles. The lowest BCUT2D eigenvalue weighted by Gasteiger charge is -2.28. The summed E-state index contributed by atoms with van der Waals surface area (Å²) in [6.07, 6.45) is 3.34. The number of halogens is 3. The zero-order valence-electron chi connectivity index (χ0n) is 35.3. The highest BCUT2D eigenvalue weighted by Crippen LogP contribution is 2.38. The van der Waals surface area contributed by atoms with Crippen molar-refractivity contribution >= 4 is 62.8 Å². The summed E-state index contributed by atoms with van der Waals surface area (Å²) in [5.74, 6) is 0.0944. The standard InChI is InChI=1S/C23H19FN8O.C18H16FN3O.C5H4ClN5/c24-15-8-4-9-16-18(15)22(33)32(13-6-2-1-3-7-13)21(28-16)17-10-5-11-31(17)20-14(12-25)19(26)29-23(27)30-20;19-13-8-4-9-14-16(13)18(23)22(12-6-2-1-3-7-12)17(21-14)15-10-5-11-20-15;6-3-2(1-7)4(8)11-5(9)10-3/h1-4,6-9,17H,5,10-11H2,(H4,26,27,29,30);1-4,6-9,15,20H,5,10-11H2;(H4,8,9,10,11)/t17-;15-;/m00./s1. The number of anilines is 5. The first kappa shape index (κ1) is 45.0. The number of nitrogens with zero attached hydrogens (tertiary/aromatic N) is 11. The van der Waals surface area contributed by atoms with Crippen molar-refractivity contribution in [1.29, 1.82) is 10.5 Å². The second-order valence-corrected chi connectivity index (χ2v) is 15.5. The largest absolute Gasteiger partial charge is 0.382 e. The first-order valence-electron chi connectivity index (χ1n) is 20.7. The van der Waals surface area contributed by atoms with Crippen LogP contribution in [0.3, 0.4) is 0 Å². The second-order valence-electron chi connectivity index (χ2n) is 15.2. The van der Waals surface area contributed by atoms with Crippen LogP contribution in [0.1, 0.15) is 60.5 Å². The summed E-state index contributed by atoms with van der Waals surface area (Å²) in [4.78, 5) is 53.0. The molecule has 8 aromatic rings. The summed E-state index contributed by atoms with van der Waals surface area (Å²) < 4.78 is 31.8. The summed E-state index contributed by atoms with van der Waals surface area (Å²) in [6.45, 7) is 1.44. The van der Waals surface area contributed by atoms with Gasteiger partial charge in [0.05, 0.1) is 34.5 Å². The molecule has 9 N–H and O–H groups in total. The summed E-state index contributed by atoms with van der Waals surface area (Å²) in [7, 11) is 0. The second kappa shape index (κ2) is 19.3. The van der Waals surface area contributed by atoms with Gasteiger partial charge in [-0.1, -0.05) is 60.1 Å². The van der Waals surface area contributed by atoms with E-state index in [1.165, 1.54) is 27.3 Å². The van der Waals surface area contributed by atoms with Crippen LogP contribution in [-0.2, 0) is 0 Å². The summed E-state index contributed by atoms with van der Waals surface area (Å²) in [5, 5.41) is 21.4. The first-order valence-corrected chi connectivity index (χ1v) is 21.1. The Hall–Kier alpha value is -8.59. The summed E-state index contributed by atoms with van der Waals surface area (Å²) in [5.41, 5.74) is 23.5. The third-order valence-corrected chi connectivity index (χ3v) is 11.3. The van der Waals surface area contributed by atoms with E-state index < -0.39 is 23.2 Å². The fourth-order valence-electron chi connectivity index (χ4n) is 8.09. The van der Waals surface area contributed by atoms with Crippen LogP contribution < -0.4 is 44.3 Å². The smallest absolute Gasteiger partial charge is 0.269 e. The molecule has 67 heavy (non-hydrogen) atoms. The number of aromatic nitrogens is 8. The fraction of sp³-hybridized carbons (Fsp3) is 0.174. The Morgan fingerprint density at radius 2 is 1.15 bits per heavy atom. The van der Waals surface area contributed by atoms with E-state index in [2.05, 4.69) is 30.2 Å². The van der Waals surface area contributed by atoms with Crippen molar-refractivity contribution in [2.45, 2.75) is 37.8 Å². The van der Waals surface area contributed by atoms with Crippen LogP contribution >= 0.6 is 11.6 Å². The molecular weight excluding hydrogens is 882 g/mol. The zero-order chi connectivity index (χ0) is 47.4. The average molecular weight is 921 g/mol. The van der Waals surface area contributed by atoms with Crippen molar-refractivity contribution in [1.82, 2.24) is 44.4 Å². The molecule has 2 fully saturated rings. The van der Waals surface area contributed by atoms with Crippen LogP contribution in [0, 0.1) is 34.3 Å². The number of benzene rings is 4. The molecule has 2 saturated heterocycles. The topological polar surface area (TPSA) is 288 Å². The minimum atomic E-state index is -0.632. The molecule has 10 rings (SSSR count). The molecule has 0 amide bonds. The van der Waals surface area contributed by atoms with Gasteiger partial charge in [-0.05, 0) is 80.8 Å². The molecule has 2 atom stereocenters. The Morgan fingerprint density at radius 3 is 1.67 bits per heavy atom. The molecule has 0 saturated carbocycles. The van der Waals surface area contributed by atoms with E-state index in [1.807, 2.05) is 47.4 Å². The van der Waals surface area contributed by atoms with Gasteiger partial charge in [-0.3, -0.25) is 18.7 Å². The fourth-order valence-corrected chi connectivity index (χ4v) is 8.31. The van der Waals surface area contributed by atoms with Crippen LogP contribution in [0.4, 0.5) is 38.1 Å². The monoisotopic (exact) mass is 920 g/mol. The number of para-hydroxylation sites is 2. The van der Waals surface area contributed by atoms with Gasteiger partial charge in [-0.25, -0.2) is 18.7 Å². The normalized spacial score (nSPS) is 15.3. The molecule has 4 aromatic heterocycles. The van der Waals surface area contributed by atoms with Crippen molar-refractivity contribution < 1.29 is 8.78 Å². The van der Waals surface area contributed by atoms with Crippen LogP contribution in [0.15, 0.2) is 107 Å². The van der Waals surface area contributed by atoms with Crippen molar-refractivity contribution in [2.75, 3.05) is 40.9 Å². The lowest BCUT2D eigenvalue weighted by atomic mass is 10.1. The number of nitrogens with two attached hydrogens (primary N) is 4. The van der Waals surface area contributed by atoms with Crippen LogP contribution in [0.2, 0.25) is 5.15 Å². The maximum Gasteiger partial charge on any atom is 0.269 e. The van der Waals surface area contributed by atoms with Crippen LogP contribution in [-0.4, -0.2) is 52.1 Å². The highest BCUT2D eigenvalue weighted by molar-refractivity contribution is 6.31. The first-order chi connectivity index (χ1) is 32.4. The SMILES string of the molecule is N#Cc1c(N)nc(N)nc1Cl.N#Cc1c(N)nc(N)nc1N1CCC[C@H]1c1nc2cccc(F)c2c(=O)n1-c1ccccc1.O=c1c2c(F)cccc2nc([C@@H]2CCCN2)n1-c1ccccc1. The van der Waals surface area contributed by atoms with Gasteiger partial charge in [0, 0.05) is 6.54 Å². The Labute approximate surface area is 384 Å². The number of hydrogen-bond donors (Lipinski definition) is 5. The highest BCUT2D eigenvalue weighted by atomic mass is 35.5. The van der Waals surface area contributed by atoms with E-state index in [0.29, 0.717) is 41.5 Å². The summed E-state index contributed by atoms with van der Waals surface area (Å²) >= 11 is 5.50. The molecule has 4 aromatic carbocycles. The lowest BCUT2D eigenvalue weighted by molar-refractivity contribution is 0.581. The van der Waals surface area contributed by atoms with E-state index in [9.17, 15) is 23.6 Å². The van der Waals surface area contributed by atoms with E-state index in [1.54, 1.807) is 48.5 Å². The minimum absolute atomic E-state index is 0.00463. The van der Waals surface area contributed by atoms with Gasteiger partial charge < -0.3 is 33.2 Å². The van der Waals surface area contributed by atoms with Crippen molar-refractivity contribution in [3.63, 3.8) is 0 Å². The molecule has 0 radical (unpaired) electrons. The van der Waals surface area contributed by atoms with Gasteiger partial charge in [0.2, 0.25) is 11.9 Å². The Balaban J connectivity index is 0.000000154. The van der Waals surface area contributed by atoms with Crippen molar-refractivity contribution in [2.24, 2.45) is 0 Å². The number of hydrogen-bond acceptors (Lipinski definition) is 16. The number of nitrogens with one attached hydrogen (secondary N) is 1. The molecule has 0 aliphatic carbocycles. The van der Waals surface area contributed by atoms with E-state index in [4.69, 9.17) is 44.8 Å². The Kier molecular flexibility index (Phi) is 12.9. The van der Waals surface area contributed by atoms with Gasteiger partial charge in [0.25, 0.3) is 11.1 Å². The predicted octanol–water partition coefficient (Wildman–Crippen LogP) is 5.81. The zero-order valence-corrected chi connectivity index (χ0v) is 36.1. The van der Waals surface area contributed by atoms with Gasteiger partial charge in [0.1, 0.15) is 69.0 Å². The molecule has 2 aliphatic rings. The van der Waals surface area contributed by atoms with E-state index >= 15 is 0 Å². The molecule has 18 nitrogen and oxygen atoms in total. The minimum Gasteiger partial charge on any atom is -0.382 e. The van der Waals surface area contributed by atoms with Gasteiger partial charge in [0.15, 0.2) is 11.0 Å². The van der Waals surface area contributed by atoms with Gasteiger partial charge in [-0.2, -0.15) is 30.5 Å². The predicted molar refractivity (Wildman–Crippen MR) is 250 cm³/mol. The van der Waals surface area contributed by atoms with Gasteiger partial charge >= 0.3 is 0 Å². The Morgan fingerprint density at radius 1 is 0.627 bits per heavy atom. The molecule has 0 spiro atoms. The number of nitriles is 2. The number of fused-ring (bicyclic) bond motifs is 2. The third kappa shape index (κ3) is 8.94. The third-order valence-electron chi connectivity index (χ3n) is 11.0. The van der Waals surface area contributed by atoms with Gasteiger partial charge in [-0.15, -0.1) is 0 Å². The quantitative estimate of drug-likeness (QED) is 0.127. The molecule has 0 unspecified atom stereocenters. The lowest BCUT2D eigenvalue weighted by Crippen LogP contribution is -2.33. The van der Waals surface area contributed by atoms with Crippen LogP contribution in [0.25, 0.3) is 33.2 Å². The van der Waals surface area contributed by atoms with E-state index in [-0.39, 0.29) is 73.5 Å². The van der Waals surface area contributed by atoms with Crippen LogP contribution in [0.5, 0.6) is 0 Å². The average Bonchev–Trinajstić information content (AvgIpc) is 4.04. The van der Waals surface area contributed by atoms with E-state index in [0.717, 1.165) is 25.8 Å². The summed E-state index contributed by atoms with van der Waals surface area (Å²) in [6, 6.07) is 30.6. The molecule has 0 bridgehead atoms. The highest BCUT2D eigenvalue weighted by Gasteiger charge is 2.34. The maximum absolute atomic E-state index is 14.6. The molecular formula is C46H39ClF2N16O2. The Bertz CT molecular complexity index is 3350. The number of rotatable bonds is 5. The van der Waals surface area contributed by atoms with Crippen molar-refractivity contribution in [3.05, 3.63) is 157 Å².